The first-order chi connectivity index (χ1) is 11.2. The van der Waals surface area contributed by atoms with Gasteiger partial charge in [-0.1, -0.05) is 0 Å². The summed E-state index contributed by atoms with van der Waals surface area (Å²) in [5, 5.41) is 4.41. The number of ether oxygens (including phenoxy) is 1. The number of imidazole rings is 1. The average molecular weight is 314 g/mol. The van der Waals surface area contributed by atoms with Crippen LogP contribution in [0.4, 0.5) is 5.69 Å². The van der Waals surface area contributed by atoms with E-state index in [9.17, 15) is 9.59 Å². The van der Waals surface area contributed by atoms with E-state index < -0.39 is 11.2 Å². The fraction of sp³-hybridized carbons (Fsp3) is 0.286. The summed E-state index contributed by atoms with van der Waals surface area (Å²) < 4.78 is 7.01. The lowest BCUT2D eigenvalue weighted by atomic mass is 10.2. The van der Waals surface area contributed by atoms with Crippen LogP contribution in [-0.2, 0) is 4.74 Å². The number of nitrogens with one attached hydrogen (secondary N) is 2. The van der Waals surface area contributed by atoms with Gasteiger partial charge in [0.15, 0.2) is 5.65 Å². The highest BCUT2D eigenvalue weighted by molar-refractivity contribution is 5.74. The Labute approximate surface area is 129 Å². The van der Waals surface area contributed by atoms with Gasteiger partial charge in [-0.2, -0.15) is 5.10 Å². The fourth-order valence-corrected chi connectivity index (χ4v) is 2.67. The zero-order chi connectivity index (χ0) is 15.8. The van der Waals surface area contributed by atoms with Crippen molar-refractivity contribution in [3.8, 4) is 11.3 Å². The highest BCUT2D eigenvalue weighted by atomic mass is 16.5. The first kappa shape index (κ1) is 13.7. The first-order valence-electron chi connectivity index (χ1n) is 7.22. The molecule has 3 aromatic rings. The summed E-state index contributed by atoms with van der Waals surface area (Å²) >= 11 is 0. The summed E-state index contributed by atoms with van der Waals surface area (Å²) in [7, 11) is 0. The molecule has 0 spiro atoms. The Hall–Kier alpha value is -2.94. The lowest BCUT2D eigenvalue weighted by Crippen LogP contribution is -2.36. The summed E-state index contributed by atoms with van der Waals surface area (Å²) in [4.78, 5) is 34.4. The lowest BCUT2D eigenvalue weighted by molar-refractivity contribution is 0.123. The van der Waals surface area contributed by atoms with Crippen LogP contribution in [0.15, 0.2) is 34.2 Å². The lowest BCUT2D eigenvalue weighted by Gasteiger charge is -2.29. The minimum absolute atomic E-state index is 0.301. The number of hydrogen-bond acceptors (Lipinski definition) is 6. The molecule has 0 radical (unpaired) electrons. The third-order valence-corrected chi connectivity index (χ3v) is 3.79. The van der Waals surface area contributed by atoms with E-state index in [1.165, 1.54) is 6.20 Å². The largest absolute Gasteiger partial charge is 0.378 e. The number of aromatic amines is 2. The molecule has 0 bridgehead atoms. The van der Waals surface area contributed by atoms with Crippen LogP contribution >= 0.6 is 0 Å². The van der Waals surface area contributed by atoms with Gasteiger partial charge in [0.05, 0.1) is 24.5 Å². The smallest absolute Gasteiger partial charge is 0.325 e. The third-order valence-electron chi connectivity index (χ3n) is 3.79. The van der Waals surface area contributed by atoms with Gasteiger partial charge in [-0.05, 0) is 6.07 Å². The average Bonchev–Trinajstić information content (AvgIpc) is 3.03. The highest BCUT2D eigenvalue weighted by Gasteiger charge is 2.18. The van der Waals surface area contributed by atoms with Crippen molar-refractivity contribution in [2.45, 2.75) is 0 Å². The first-order valence-corrected chi connectivity index (χ1v) is 7.22. The number of nitrogens with zero attached hydrogens (tertiary/aromatic N) is 4. The Morgan fingerprint density at radius 1 is 1.22 bits per heavy atom. The molecule has 0 aromatic carbocycles. The molecule has 3 aromatic heterocycles. The molecule has 4 rings (SSSR count). The van der Waals surface area contributed by atoms with Gasteiger partial charge < -0.3 is 14.6 Å². The van der Waals surface area contributed by atoms with Crippen molar-refractivity contribution >= 4 is 11.3 Å². The van der Waals surface area contributed by atoms with Gasteiger partial charge >= 0.3 is 5.69 Å². The van der Waals surface area contributed by atoms with Crippen LogP contribution in [0, 0.1) is 0 Å². The van der Waals surface area contributed by atoms with Crippen molar-refractivity contribution in [2.75, 3.05) is 31.2 Å². The monoisotopic (exact) mass is 314 g/mol. The van der Waals surface area contributed by atoms with Gasteiger partial charge in [0.25, 0.3) is 5.56 Å². The molecular weight excluding hydrogens is 300 g/mol. The summed E-state index contributed by atoms with van der Waals surface area (Å²) in [6.07, 6.45) is 4.76. The Balaban J connectivity index is 1.90. The van der Waals surface area contributed by atoms with E-state index in [-0.39, 0.29) is 0 Å². The minimum Gasteiger partial charge on any atom is -0.378 e. The summed E-state index contributed by atoms with van der Waals surface area (Å²) in [6, 6.07) is 1.82. The second-order valence-corrected chi connectivity index (χ2v) is 5.20. The number of H-pyrrole nitrogens is 2. The predicted octanol–water partition coefficient (Wildman–Crippen LogP) is -0.390. The quantitative estimate of drug-likeness (QED) is 0.667. The molecule has 1 saturated heterocycles. The fourth-order valence-electron chi connectivity index (χ4n) is 2.67. The van der Waals surface area contributed by atoms with Crippen LogP contribution in [-0.4, -0.2) is 50.9 Å². The van der Waals surface area contributed by atoms with Gasteiger partial charge in [0, 0.05) is 31.7 Å². The van der Waals surface area contributed by atoms with Gasteiger partial charge in [-0.25, -0.2) is 14.3 Å². The van der Waals surface area contributed by atoms with E-state index >= 15 is 0 Å². The third kappa shape index (κ3) is 2.40. The van der Waals surface area contributed by atoms with Crippen LogP contribution in [0.3, 0.4) is 0 Å². The van der Waals surface area contributed by atoms with E-state index in [0.29, 0.717) is 24.5 Å². The molecule has 1 aliphatic rings. The van der Waals surface area contributed by atoms with Gasteiger partial charge in [0.2, 0.25) is 0 Å². The maximum absolute atomic E-state index is 12.0. The van der Waals surface area contributed by atoms with Crippen LogP contribution in [0.2, 0.25) is 0 Å². The number of fused-ring (bicyclic) bond motifs is 1. The van der Waals surface area contributed by atoms with Crippen molar-refractivity contribution in [3.63, 3.8) is 0 Å². The number of aromatic nitrogens is 5. The molecule has 0 atom stereocenters. The maximum atomic E-state index is 12.0. The molecule has 2 N–H and O–H groups in total. The molecule has 118 valence electrons. The molecule has 0 saturated carbocycles. The van der Waals surface area contributed by atoms with Gasteiger partial charge in [-0.15, -0.1) is 0 Å². The summed E-state index contributed by atoms with van der Waals surface area (Å²) in [5.74, 6) is 0. The second-order valence-electron chi connectivity index (χ2n) is 5.20. The molecule has 9 heteroatoms. The normalized spacial score (nSPS) is 15.2. The van der Waals surface area contributed by atoms with Crippen LogP contribution in [0.25, 0.3) is 16.9 Å². The van der Waals surface area contributed by atoms with Crippen LogP contribution in [0.1, 0.15) is 0 Å². The van der Waals surface area contributed by atoms with Gasteiger partial charge in [0.1, 0.15) is 5.69 Å². The van der Waals surface area contributed by atoms with Crippen molar-refractivity contribution in [2.24, 2.45) is 0 Å². The number of hydrogen-bond donors (Lipinski definition) is 2. The Bertz CT molecular complexity index is 966. The minimum atomic E-state index is -0.545. The SMILES string of the molecule is O=c1[nH]cc(-c2cc(N3CCOCC3)c3nccn3n2)c(=O)[nH]1. The molecule has 4 heterocycles. The second kappa shape index (κ2) is 5.36. The van der Waals surface area contributed by atoms with Crippen molar-refractivity contribution < 1.29 is 4.74 Å². The Morgan fingerprint density at radius 2 is 2.04 bits per heavy atom. The van der Waals surface area contributed by atoms with E-state index in [1.807, 2.05) is 6.07 Å². The highest BCUT2D eigenvalue weighted by Crippen LogP contribution is 2.25. The molecule has 0 unspecified atom stereocenters. The number of rotatable bonds is 2. The zero-order valence-corrected chi connectivity index (χ0v) is 12.2. The molecule has 0 aliphatic carbocycles. The molecular formula is C14H14N6O3. The van der Waals surface area contributed by atoms with Crippen molar-refractivity contribution in [1.82, 2.24) is 24.6 Å². The van der Waals surface area contributed by atoms with Crippen LogP contribution < -0.4 is 16.1 Å². The van der Waals surface area contributed by atoms with E-state index in [2.05, 4.69) is 25.0 Å². The summed E-state index contributed by atoms with van der Waals surface area (Å²) in [6.45, 7) is 2.77. The topological polar surface area (TPSA) is 108 Å². The molecule has 9 nitrogen and oxygen atoms in total. The van der Waals surface area contributed by atoms with E-state index in [0.717, 1.165) is 24.4 Å². The van der Waals surface area contributed by atoms with Crippen molar-refractivity contribution in [3.05, 3.63) is 45.5 Å². The van der Waals surface area contributed by atoms with Crippen molar-refractivity contribution in [1.29, 1.82) is 0 Å². The Kier molecular flexibility index (Phi) is 3.19. The Morgan fingerprint density at radius 3 is 2.83 bits per heavy atom. The molecule has 1 fully saturated rings. The maximum Gasteiger partial charge on any atom is 0.325 e. The zero-order valence-electron chi connectivity index (χ0n) is 12.2. The van der Waals surface area contributed by atoms with E-state index in [4.69, 9.17) is 4.74 Å². The van der Waals surface area contributed by atoms with Gasteiger partial charge in [-0.3, -0.25) is 9.78 Å². The molecule has 1 aliphatic heterocycles. The van der Waals surface area contributed by atoms with E-state index in [1.54, 1.807) is 16.9 Å². The predicted molar refractivity (Wildman–Crippen MR) is 82.7 cm³/mol. The number of morpholine rings is 1. The number of anilines is 1. The standard InChI is InChI=1S/C14H14N6O3/c21-13-9(8-16-14(22)17-13)10-7-11(19-3-5-23-6-4-19)12-15-1-2-20(12)18-10/h1-2,7-8H,3-6H2,(H2,16,17,21,22). The molecule has 23 heavy (non-hydrogen) atoms. The molecule has 0 amide bonds. The van der Waals surface area contributed by atoms with Crippen LogP contribution in [0.5, 0.6) is 0 Å². The summed E-state index contributed by atoms with van der Waals surface area (Å²) in [5.41, 5.74) is 1.35.